The number of amides is 1. The summed E-state index contributed by atoms with van der Waals surface area (Å²) in [5.41, 5.74) is 2.06. The van der Waals surface area contributed by atoms with Gasteiger partial charge in [-0.15, -0.1) is 0 Å². The number of halogens is 1. The van der Waals surface area contributed by atoms with Crippen LogP contribution in [0.25, 0.3) is 0 Å². The van der Waals surface area contributed by atoms with Gasteiger partial charge in [-0.1, -0.05) is 12.1 Å². The van der Waals surface area contributed by atoms with Crippen LogP contribution in [0.3, 0.4) is 0 Å². The molecule has 3 nitrogen and oxygen atoms in total. The predicted molar refractivity (Wildman–Crippen MR) is 93.5 cm³/mol. The van der Waals surface area contributed by atoms with Crippen molar-refractivity contribution >= 4 is 28.5 Å². The van der Waals surface area contributed by atoms with E-state index in [1.54, 1.807) is 0 Å². The van der Waals surface area contributed by atoms with E-state index >= 15 is 0 Å². The Balaban J connectivity index is 1.73. The molecule has 114 valence electrons. The van der Waals surface area contributed by atoms with Gasteiger partial charge in [0.1, 0.15) is 0 Å². The summed E-state index contributed by atoms with van der Waals surface area (Å²) in [6.45, 7) is 5.04. The van der Waals surface area contributed by atoms with Crippen molar-refractivity contribution in [2.75, 3.05) is 19.6 Å². The van der Waals surface area contributed by atoms with Gasteiger partial charge in [0.25, 0.3) is 5.91 Å². The van der Waals surface area contributed by atoms with Crippen molar-refractivity contribution in [3.8, 4) is 0 Å². The van der Waals surface area contributed by atoms with E-state index < -0.39 is 0 Å². The lowest BCUT2D eigenvalue weighted by Gasteiger charge is -2.36. The average Bonchev–Trinajstić information content (AvgIpc) is 3.04. The molecule has 1 aromatic carbocycles. The van der Waals surface area contributed by atoms with Crippen LogP contribution in [0.5, 0.6) is 0 Å². The predicted octanol–water partition coefficient (Wildman–Crippen LogP) is 3.20. The van der Waals surface area contributed by atoms with E-state index in [4.69, 9.17) is 0 Å². The monoisotopic (exact) mass is 398 g/mol. The first-order valence-electron chi connectivity index (χ1n) is 7.94. The Morgan fingerprint density at radius 2 is 2.19 bits per heavy atom. The number of likely N-dealkylation sites (tertiary alicyclic amines) is 1. The summed E-state index contributed by atoms with van der Waals surface area (Å²) in [5, 5.41) is 3.61. The first kappa shape index (κ1) is 15.3. The molecule has 0 aromatic heterocycles. The van der Waals surface area contributed by atoms with Gasteiger partial charge in [0, 0.05) is 22.7 Å². The van der Waals surface area contributed by atoms with Gasteiger partial charge in [-0.2, -0.15) is 0 Å². The van der Waals surface area contributed by atoms with Crippen molar-refractivity contribution in [2.45, 2.75) is 38.6 Å². The Kier molecular flexibility index (Phi) is 4.84. The standard InChI is InChI=1S/C17H23IN2O/c1-12-5-2-7-14(16(12)18)17(21)20-10-4-6-13(11-20)15-8-3-9-19-15/h2,5,7,13,15,19H,3-4,6,8-11H2,1H3. The fourth-order valence-electron chi connectivity index (χ4n) is 3.62. The lowest BCUT2D eigenvalue weighted by Crippen LogP contribution is -2.46. The van der Waals surface area contributed by atoms with Gasteiger partial charge in [-0.05, 0) is 79.3 Å². The lowest BCUT2D eigenvalue weighted by molar-refractivity contribution is 0.0650. The molecule has 2 fully saturated rings. The van der Waals surface area contributed by atoms with Crippen molar-refractivity contribution in [1.82, 2.24) is 10.2 Å². The van der Waals surface area contributed by atoms with Crippen molar-refractivity contribution in [3.63, 3.8) is 0 Å². The quantitative estimate of drug-likeness (QED) is 0.777. The minimum atomic E-state index is 0.214. The molecule has 1 N–H and O–H groups in total. The Morgan fingerprint density at radius 3 is 2.95 bits per heavy atom. The molecular weight excluding hydrogens is 375 g/mol. The third-order valence-electron chi connectivity index (χ3n) is 4.83. The van der Waals surface area contributed by atoms with Crippen LogP contribution in [0.15, 0.2) is 18.2 Å². The Bertz CT molecular complexity index is 526. The van der Waals surface area contributed by atoms with Crippen LogP contribution in [0, 0.1) is 16.4 Å². The summed E-state index contributed by atoms with van der Waals surface area (Å²) in [4.78, 5) is 14.9. The minimum Gasteiger partial charge on any atom is -0.338 e. The SMILES string of the molecule is Cc1cccc(C(=O)N2CCCC(C3CCCN3)C2)c1I. The van der Waals surface area contributed by atoms with Crippen LogP contribution >= 0.6 is 22.6 Å². The molecule has 4 heteroatoms. The maximum Gasteiger partial charge on any atom is 0.254 e. The second-order valence-corrected chi connectivity index (χ2v) is 7.37. The minimum absolute atomic E-state index is 0.214. The fraction of sp³-hybridized carbons (Fsp3) is 0.588. The Hall–Kier alpha value is -0.620. The van der Waals surface area contributed by atoms with Crippen molar-refractivity contribution < 1.29 is 4.79 Å². The Labute approximate surface area is 140 Å². The van der Waals surface area contributed by atoms with Crippen molar-refractivity contribution in [3.05, 3.63) is 32.9 Å². The molecule has 1 amide bonds. The lowest BCUT2D eigenvalue weighted by atomic mass is 9.89. The number of nitrogens with zero attached hydrogens (tertiary/aromatic N) is 1. The molecular formula is C17H23IN2O. The number of hydrogen-bond donors (Lipinski definition) is 1. The zero-order valence-corrected chi connectivity index (χ0v) is 14.7. The normalized spacial score (nSPS) is 26.1. The summed E-state index contributed by atoms with van der Waals surface area (Å²) in [7, 11) is 0. The number of benzene rings is 1. The van der Waals surface area contributed by atoms with Crippen LogP contribution in [0.1, 0.15) is 41.6 Å². The van der Waals surface area contributed by atoms with E-state index in [-0.39, 0.29) is 5.91 Å². The van der Waals surface area contributed by atoms with Gasteiger partial charge in [-0.3, -0.25) is 4.79 Å². The molecule has 2 unspecified atom stereocenters. The summed E-state index contributed by atoms with van der Waals surface area (Å²) in [5.74, 6) is 0.846. The van der Waals surface area contributed by atoms with Crippen LogP contribution in [-0.2, 0) is 0 Å². The molecule has 2 aliphatic heterocycles. The molecule has 2 aliphatic rings. The van der Waals surface area contributed by atoms with E-state index in [2.05, 4.69) is 45.8 Å². The molecule has 1 aromatic rings. The fourth-order valence-corrected chi connectivity index (χ4v) is 4.21. The summed E-state index contributed by atoms with van der Waals surface area (Å²) in [6.07, 6.45) is 4.95. The van der Waals surface area contributed by atoms with Crippen LogP contribution in [0.2, 0.25) is 0 Å². The zero-order chi connectivity index (χ0) is 14.8. The molecule has 21 heavy (non-hydrogen) atoms. The van der Waals surface area contributed by atoms with Gasteiger partial charge < -0.3 is 10.2 Å². The molecule has 0 radical (unpaired) electrons. The van der Waals surface area contributed by atoms with Crippen LogP contribution in [0.4, 0.5) is 0 Å². The average molecular weight is 398 g/mol. The Morgan fingerprint density at radius 1 is 1.33 bits per heavy atom. The van der Waals surface area contributed by atoms with Gasteiger partial charge in [0.15, 0.2) is 0 Å². The van der Waals surface area contributed by atoms with Gasteiger partial charge in [0.2, 0.25) is 0 Å². The maximum atomic E-state index is 12.8. The second kappa shape index (κ2) is 6.65. The summed E-state index contributed by atoms with van der Waals surface area (Å²) >= 11 is 2.30. The highest BCUT2D eigenvalue weighted by Crippen LogP contribution is 2.27. The van der Waals surface area contributed by atoms with Gasteiger partial charge in [0.05, 0.1) is 5.56 Å². The number of rotatable bonds is 2. The van der Waals surface area contributed by atoms with E-state index in [0.29, 0.717) is 12.0 Å². The molecule has 0 bridgehead atoms. The van der Waals surface area contributed by atoms with E-state index in [1.165, 1.54) is 24.8 Å². The number of nitrogens with one attached hydrogen (secondary N) is 1. The topological polar surface area (TPSA) is 32.3 Å². The smallest absolute Gasteiger partial charge is 0.254 e. The van der Waals surface area contributed by atoms with Crippen molar-refractivity contribution in [1.29, 1.82) is 0 Å². The van der Waals surface area contributed by atoms with E-state index in [9.17, 15) is 4.79 Å². The van der Waals surface area contributed by atoms with Crippen LogP contribution in [-0.4, -0.2) is 36.5 Å². The molecule has 0 aliphatic carbocycles. The molecule has 0 saturated carbocycles. The van der Waals surface area contributed by atoms with E-state index in [1.807, 2.05) is 12.1 Å². The third kappa shape index (κ3) is 3.26. The number of carbonyl (C=O) groups excluding carboxylic acids is 1. The molecule has 0 spiro atoms. The highest BCUT2D eigenvalue weighted by molar-refractivity contribution is 14.1. The molecule has 2 saturated heterocycles. The van der Waals surface area contributed by atoms with Crippen LogP contribution < -0.4 is 5.32 Å². The number of hydrogen-bond acceptors (Lipinski definition) is 2. The van der Waals surface area contributed by atoms with E-state index in [0.717, 1.165) is 35.2 Å². The first-order valence-corrected chi connectivity index (χ1v) is 9.02. The third-order valence-corrected chi connectivity index (χ3v) is 6.27. The van der Waals surface area contributed by atoms with Gasteiger partial charge in [-0.25, -0.2) is 0 Å². The maximum absolute atomic E-state index is 12.8. The molecule has 2 atom stereocenters. The van der Waals surface area contributed by atoms with Crippen molar-refractivity contribution in [2.24, 2.45) is 5.92 Å². The number of aryl methyl sites for hydroxylation is 1. The number of carbonyl (C=O) groups is 1. The summed E-state index contributed by atoms with van der Waals surface area (Å²) < 4.78 is 1.10. The highest BCUT2D eigenvalue weighted by Gasteiger charge is 2.31. The highest BCUT2D eigenvalue weighted by atomic mass is 127. The second-order valence-electron chi connectivity index (χ2n) is 6.29. The number of piperidine rings is 1. The zero-order valence-electron chi connectivity index (χ0n) is 12.6. The van der Waals surface area contributed by atoms with Gasteiger partial charge >= 0.3 is 0 Å². The largest absolute Gasteiger partial charge is 0.338 e. The molecule has 2 heterocycles. The summed E-state index contributed by atoms with van der Waals surface area (Å²) in [6, 6.07) is 6.65. The molecule has 3 rings (SSSR count). The first-order chi connectivity index (χ1) is 10.2.